The maximum atomic E-state index is 13.1. The van der Waals surface area contributed by atoms with E-state index < -0.39 is 5.54 Å². The molecule has 1 aliphatic heterocycles. The van der Waals surface area contributed by atoms with Crippen LogP contribution in [0.4, 0.5) is 0 Å². The first-order chi connectivity index (χ1) is 11.5. The number of likely N-dealkylation sites (tertiary alicyclic amines) is 1. The van der Waals surface area contributed by atoms with Crippen LogP contribution in [0.15, 0.2) is 42.9 Å². The van der Waals surface area contributed by atoms with E-state index in [0.717, 1.165) is 31.6 Å². The Hall–Kier alpha value is -2.27. The maximum absolute atomic E-state index is 13.1. The van der Waals surface area contributed by atoms with Crippen LogP contribution in [-0.4, -0.2) is 46.3 Å². The Morgan fingerprint density at radius 1 is 1.25 bits per heavy atom. The van der Waals surface area contributed by atoms with Gasteiger partial charge in [0.2, 0.25) is 5.91 Å². The molecule has 1 aromatic carbocycles. The summed E-state index contributed by atoms with van der Waals surface area (Å²) in [5, 5.41) is 0. The molecule has 0 N–H and O–H groups in total. The van der Waals surface area contributed by atoms with E-state index >= 15 is 0 Å². The van der Waals surface area contributed by atoms with E-state index in [1.807, 2.05) is 14.1 Å². The molecule has 1 aromatic heterocycles. The van der Waals surface area contributed by atoms with Gasteiger partial charge >= 0.3 is 0 Å². The molecule has 0 saturated carbocycles. The fourth-order valence-corrected chi connectivity index (χ4v) is 3.53. The van der Waals surface area contributed by atoms with Gasteiger partial charge in [0.25, 0.3) is 0 Å². The van der Waals surface area contributed by atoms with Crippen LogP contribution < -0.4 is 0 Å². The zero-order valence-corrected chi connectivity index (χ0v) is 14.6. The Kier molecular flexibility index (Phi) is 4.62. The molecule has 126 valence electrons. The van der Waals surface area contributed by atoms with Gasteiger partial charge in [-0.25, -0.2) is 0 Å². The van der Waals surface area contributed by atoms with Gasteiger partial charge in [0.15, 0.2) is 0 Å². The first-order valence-corrected chi connectivity index (χ1v) is 8.33. The highest BCUT2D eigenvalue weighted by Crippen LogP contribution is 2.40. The van der Waals surface area contributed by atoms with Crippen molar-refractivity contribution in [1.82, 2.24) is 19.8 Å². The van der Waals surface area contributed by atoms with E-state index in [1.165, 1.54) is 11.1 Å². The fourth-order valence-electron chi connectivity index (χ4n) is 3.53. The molecule has 5 nitrogen and oxygen atoms in total. The number of hydrogen-bond acceptors (Lipinski definition) is 4. The highest BCUT2D eigenvalue weighted by atomic mass is 16.2. The third kappa shape index (κ3) is 2.91. The Labute approximate surface area is 143 Å². The summed E-state index contributed by atoms with van der Waals surface area (Å²) in [5.41, 5.74) is 2.48. The average molecular weight is 324 g/mol. The lowest BCUT2D eigenvalue weighted by Gasteiger charge is -2.38. The Bertz CT molecular complexity index is 699. The van der Waals surface area contributed by atoms with Crippen LogP contribution in [0.2, 0.25) is 0 Å². The minimum Gasteiger partial charge on any atom is -0.347 e. The Balaban J connectivity index is 2.00. The zero-order chi connectivity index (χ0) is 17.2. The summed E-state index contributed by atoms with van der Waals surface area (Å²) in [6.07, 6.45) is 6.80. The lowest BCUT2D eigenvalue weighted by molar-refractivity contribution is -0.141. The SMILES string of the molecule is Cc1ccc(CN2CCCC2(C(=O)N(C)C)c2cnccn2)cc1. The summed E-state index contributed by atoms with van der Waals surface area (Å²) >= 11 is 0. The number of likely N-dealkylation sites (N-methyl/N-ethyl adjacent to an activating group) is 1. The van der Waals surface area contributed by atoms with Crippen molar-refractivity contribution in [3.05, 3.63) is 59.7 Å². The monoisotopic (exact) mass is 324 g/mol. The van der Waals surface area contributed by atoms with Gasteiger partial charge in [-0.3, -0.25) is 19.7 Å². The molecule has 3 rings (SSSR count). The molecule has 2 heterocycles. The van der Waals surface area contributed by atoms with E-state index in [-0.39, 0.29) is 5.91 Å². The molecular formula is C19H24N4O. The van der Waals surface area contributed by atoms with Gasteiger partial charge in [-0.1, -0.05) is 29.8 Å². The van der Waals surface area contributed by atoms with Crippen molar-refractivity contribution in [1.29, 1.82) is 0 Å². The lowest BCUT2D eigenvalue weighted by atomic mass is 9.90. The van der Waals surface area contributed by atoms with E-state index in [1.54, 1.807) is 23.5 Å². The van der Waals surface area contributed by atoms with Crippen LogP contribution >= 0.6 is 0 Å². The van der Waals surface area contributed by atoms with Crippen LogP contribution in [0, 0.1) is 6.92 Å². The summed E-state index contributed by atoms with van der Waals surface area (Å²) in [6.45, 7) is 3.69. The number of rotatable bonds is 4. The van der Waals surface area contributed by atoms with Gasteiger partial charge in [-0.05, 0) is 31.9 Å². The molecule has 5 heteroatoms. The number of nitrogens with zero attached hydrogens (tertiary/aromatic N) is 4. The van der Waals surface area contributed by atoms with Crippen molar-refractivity contribution in [2.75, 3.05) is 20.6 Å². The fraction of sp³-hybridized carbons (Fsp3) is 0.421. The summed E-state index contributed by atoms with van der Waals surface area (Å²) in [4.78, 5) is 25.8. The van der Waals surface area contributed by atoms with E-state index in [4.69, 9.17) is 0 Å². The first kappa shape index (κ1) is 16.6. The second kappa shape index (κ2) is 6.69. The van der Waals surface area contributed by atoms with Gasteiger partial charge < -0.3 is 4.90 Å². The number of amides is 1. The maximum Gasteiger partial charge on any atom is 0.248 e. The summed E-state index contributed by atoms with van der Waals surface area (Å²) in [6, 6.07) is 8.50. The average Bonchev–Trinajstić information content (AvgIpc) is 3.01. The van der Waals surface area contributed by atoms with E-state index in [0.29, 0.717) is 0 Å². The molecule has 0 spiro atoms. The second-order valence-corrected chi connectivity index (χ2v) is 6.66. The smallest absolute Gasteiger partial charge is 0.248 e. The predicted molar refractivity (Wildman–Crippen MR) is 93.2 cm³/mol. The standard InChI is InChI=1S/C19H24N4O/c1-15-5-7-16(8-6-15)14-23-12-4-9-19(23,18(24)22(2)3)17-13-20-10-11-21-17/h5-8,10-11,13H,4,9,12,14H2,1-3H3. The minimum absolute atomic E-state index is 0.0765. The lowest BCUT2D eigenvalue weighted by Crippen LogP contribution is -2.52. The van der Waals surface area contributed by atoms with E-state index in [2.05, 4.69) is 46.1 Å². The summed E-state index contributed by atoms with van der Waals surface area (Å²) in [5.74, 6) is 0.0765. The number of aryl methyl sites for hydroxylation is 1. The van der Waals surface area contributed by atoms with Crippen molar-refractivity contribution in [2.45, 2.75) is 31.8 Å². The minimum atomic E-state index is -0.720. The number of carbonyl (C=O) groups is 1. The third-order valence-electron chi connectivity index (χ3n) is 4.75. The molecular weight excluding hydrogens is 300 g/mol. The molecule has 1 fully saturated rings. The van der Waals surface area contributed by atoms with Crippen molar-refractivity contribution in [2.24, 2.45) is 0 Å². The van der Waals surface area contributed by atoms with Gasteiger partial charge in [0.1, 0.15) is 5.54 Å². The molecule has 2 aromatic rings. The highest BCUT2D eigenvalue weighted by Gasteiger charge is 2.50. The molecule has 0 aliphatic carbocycles. The predicted octanol–water partition coefficient (Wildman–Crippen LogP) is 2.36. The summed E-state index contributed by atoms with van der Waals surface area (Å²) in [7, 11) is 3.62. The molecule has 24 heavy (non-hydrogen) atoms. The zero-order valence-electron chi connectivity index (χ0n) is 14.6. The van der Waals surface area contributed by atoms with Gasteiger partial charge in [0.05, 0.1) is 11.9 Å². The van der Waals surface area contributed by atoms with Crippen molar-refractivity contribution in [3.63, 3.8) is 0 Å². The van der Waals surface area contributed by atoms with Crippen LogP contribution in [0.1, 0.15) is 29.7 Å². The topological polar surface area (TPSA) is 49.3 Å². The molecule has 1 saturated heterocycles. The van der Waals surface area contributed by atoms with E-state index in [9.17, 15) is 4.79 Å². The normalized spacial score (nSPS) is 21.0. The quantitative estimate of drug-likeness (QED) is 0.866. The summed E-state index contributed by atoms with van der Waals surface area (Å²) < 4.78 is 0. The van der Waals surface area contributed by atoms with Gasteiger partial charge in [-0.2, -0.15) is 0 Å². The number of carbonyl (C=O) groups excluding carboxylic acids is 1. The molecule has 0 bridgehead atoms. The van der Waals surface area contributed by atoms with Crippen LogP contribution in [0.3, 0.4) is 0 Å². The third-order valence-corrected chi connectivity index (χ3v) is 4.75. The van der Waals surface area contributed by atoms with Crippen molar-refractivity contribution in [3.8, 4) is 0 Å². The van der Waals surface area contributed by atoms with Crippen LogP contribution in [-0.2, 0) is 16.9 Å². The van der Waals surface area contributed by atoms with Gasteiger partial charge in [-0.15, -0.1) is 0 Å². The molecule has 0 radical (unpaired) electrons. The molecule has 1 amide bonds. The molecule has 1 aliphatic rings. The van der Waals surface area contributed by atoms with Crippen molar-refractivity contribution >= 4 is 5.91 Å². The highest BCUT2D eigenvalue weighted by molar-refractivity contribution is 5.87. The Morgan fingerprint density at radius 2 is 2.00 bits per heavy atom. The van der Waals surface area contributed by atoms with Gasteiger partial charge in [0, 0.05) is 33.0 Å². The molecule has 1 unspecified atom stereocenters. The number of aromatic nitrogens is 2. The second-order valence-electron chi connectivity index (χ2n) is 6.66. The largest absolute Gasteiger partial charge is 0.347 e. The number of benzene rings is 1. The number of hydrogen-bond donors (Lipinski definition) is 0. The Morgan fingerprint density at radius 3 is 2.62 bits per heavy atom. The molecule has 1 atom stereocenters. The van der Waals surface area contributed by atoms with Crippen LogP contribution in [0.5, 0.6) is 0 Å². The first-order valence-electron chi connectivity index (χ1n) is 8.33. The van der Waals surface area contributed by atoms with Crippen LogP contribution in [0.25, 0.3) is 0 Å². The van der Waals surface area contributed by atoms with Crippen molar-refractivity contribution < 1.29 is 4.79 Å².